The van der Waals surface area contributed by atoms with E-state index in [9.17, 15) is 0 Å². The molecule has 1 aliphatic rings. The van der Waals surface area contributed by atoms with Gasteiger partial charge in [-0.3, -0.25) is 0 Å². The summed E-state index contributed by atoms with van der Waals surface area (Å²) in [6, 6.07) is 4.85. The van der Waals surface area contributed by atoms with Crippen LogP contribution >= 0.6 is 11.3 Å². The fraction of sp³-hybridized carbons (Fsp3) is 0.733. The van der Waals surface area contributed by atoms with Gasteiger partial charge in [-0.25, -0.2) is 0 Å². The average molecular weight is 267 g/mol. The zero-order chi connectivity index (χ0) is 12.8. The lowest BCUT2D eigenvalue weighted by atomic mass is 9.89. The van der Waals surface area contributed by atoms with Gasteiger partial charge in [0.2, 0.25) is 0 Å². The van der Waals surface area contributed by atoms with E-state index in [1.807, 2.05) is 18.4 Å². The fourth-order valence-corrected chi connectivity index (χ4v) is 3.81. The molecule has 0 bridgehead atoms. The van der Waals surface area contributed by atoms with Crippen molar-refractivity contribution >= 4 is 11.3 Å². The van der Waals surface area contributed by atoms with Crippen molar-refractivity contribution in [1.82, 2.24) is 5.32 Å². The second kappa shape index (κ2) is 6.69. The number of hydrogen-bond acceptors (Lipinski definition) is 3. The molecule has 1 aromatic heterocycles. The van der Waals surface area contributed by atoms with E-state index < -0.39 is 0 Å². The van der Waals surface area contributed by atoms with E-state index >= 15 is 0 Å². The second-order valence-electron chi connectivity index (χ2n) is 5.27. The minimum Gasteiger partial charge on any atom is -0.377 e. The normalized spacial score (nSPS) is 20.1. The molecule has 0 spiro atoms. The summed E-state index contributed by atoms with van der Waals surface area (Å²) in [5, 5.41) is 5.89. The van der Waals surface area contributed by atoms with Gasteiger partial charge in [0.1, 0.15) is 0 Å². The maximum absolute atomic E-state index is 5.95. The van der Waals surface area contributed by atoms with Gasteiger partial charge >= 0.3 is 0 Å². The summed E-state index contributed by atoms with van der Waals surface area (Å²) in [5.74, 6) is 0. The number of thiophene rings is 1. The van der Waals surface area contributed by atoms with E-state index in [1.54, 1.807) is 0 Å². The van der Waals surface area contributed by atoms with Crippen LogP contribution in [-0.2, 0) is 11.2 Å². The zero-order valence-corrected chi connectivity index (χ0v) is 12.4. The lowest BCUT2D eigenvalue weighted by Gasteiger charge is -2.37. The lowest BCUT2D eigenvalue weighted by molar-refractivity contribution is -0.0352. The minimum absolute atomic E-state index is 0.0686. The summed E-state index contributed by atoms with van der Waals surface area (Å²) in [6.45, 7) is 3.31. The zero-order valence-electron chi connectivity index (χ0n) is 11.6. The maximum atomic E-state index is 5.95. The summed E-state index contributed by atoms with van der Waals surface area (Å²) in [7, 11) is 1.89. The van der Waals surface area contributed by atoms with Crippen LogP contribution in [0.5, 0.6) is 0 Å². The first kappa shape index (κ1) is 14.0. The first-order chi connectivity index (χ1) is 8.80. The molecule has 1 fully saturated rings. The van der Waals surface area contributed by atoms with Crippen molar-refractivity contribution in [2.24, 2.45) is 0 Å². The quantitative estimate of drug-likeness (QED) is 0.814. The van der Waals surface area contributed by atoms with Crippen molar-refractivity contribution < 1.29 is 4.74 Å². The van der Waals surface area contributed by atoms with Gasteiger partial charge < -0.3 is 10.1 Å². The molecule has 0 saturated heterocycles. The molecular weight excluding hydrogens is 242 g/mol. The smallest absolute Gasteiger partial charge is 0.0834 e. The Kier molecular flexibility index (Phi) is 5.22. The Hall–Kier alpha value is -0.380. The van der Waals surface area contributed by atoms with Crippen molar-refractivity contribution in [1.29, 1.82) is 0 Å². The predicted octanol–water partition coefficient (Wildman–Crippen LogP) is 3.62. The molecule has 2 rings (SSSR count). The van der Waals surface area contributed by atoms with Crippen molar-refractivity contribution in [3.63, 3.8) is 0 Å². The van der Waals surface area contributed by atoms with Crippen molar-refractivity contribution in [2.45, 2.75) is 57.1 Å². The van der Waals surface area contributed by atoms with E-state index in [0.717, 1.165) is 13.0 Å². The highest BCUT2D eigenvalue weighted by molar-refractivity contribution is 7.09. The Labute approximate surface area is 115 Å². The number of ether oxygens (including phenoxy) is 1. The molecule has 0 amide bonds. The van der Waals surface area contributed by atoms with Gasteiger partial charge in [0.25, 0.3) is 0 Å². The molecule has 1 heterocycles. The number of methoxy groups -OCH3 is 1. The Morgan fingerprint density at radius 3 is 2.78 bits per heavy atom. The molecule has 2 nitrogen and oxygen atoms in total. The molecule has 0 radical (unpaired) electrons. The van der Waals surface area contributed by atoms with E-state index in [2.05, 4.69) is 29.8 Å². The predicted molar refractivity (Wildman–Crippen MR) is 78.3 cm³/mol. The van der Waals surface area contributed by atoms with E-state index in [0.29, 0.717) is 6.04 Å². The summed E-state index contributed by atoms with van der Waals surface area (Å²) < 4.78 is 5.95. The first-order valence-corrected chi connectivity index (χ1v) is 7.99. The molecule has 1 atom stereocenters. The highest BCUT2D eigenvalue weighted by Crippen LogP contribution is 2.37. The average Bonchev–Trinajstić information content (AvgIpc) is 3.05. The fourth-order valence-electron chi connectivity index (χ4n) is 3.06. The number of hydrogen-bond donors (Lipinski definition) is 1. The Bertz CT molecular complexity index is 330. The van der Waals surface area contributed by atoms with Gasteiger partial charge in [-0.15, -0.1) is 11.3 Å². The second-order valence-corrected chi connectivity index (χ2v) is 6.30. The monoisotopic (exact) mass is 267 g/mol. The highest BCUT2D eigenvalue weighted by Gasteiger charge is 2.41. The minimum atomic E-state index is 0.0686. The molecule has 0 aliphatic heterocycles. The lowest BCUT2D eigenvalue weighted by Crippen LogP contribution is -2.51. The van der Waals surface area contributed by atoms with Crippen LogP contribution in [0.4, 0.5) is 0 Å². The molecule has 1 unspecified atom stereocenters. The SMILES string of the molecule is CCCNC(Cc1cccs1)C1(OC)CCCC1. The molecule has 0 aromatic carbocycles. The molecule has 102 valence electrons. The van der Waals surface area contributed by atoms with Crippen molar-refractivity contribution in [3.8, 4) is 0 Å². The molecular formula is C15H25NOS. The van der Waals surface area contributed by atoms with Gasteiger partial charge in [-0.05, 0) is 43.7 Å². The van der Waals surface area contributed by atoms with E-state index in [4.69, 9.17) is 4.74 Å². The third-order valence-electron chi connectivity index (χ3n) is 4.12. The third kappa shape index (κ3) is 3.14. The summed E-state index contributed by atoms with van der Waals surface area (Å²) in [4.78, 5) is 1.46. The Balaban J connectivity index is 2.07. The summed E-state index contributed by atoms with van der Waals surface area (Å²) in [5.41, 5.74) is 0.0686. The topological polar surface area (TPSA) is 21.3 Å². The standard InChI is InChI=1S/C15H25NOS/c1-3-10-16-14(12-13-7-6-11-18-13)15(17-2)8-4-5-9-15/h6-7,11,14,16H,3-5,8-10,12H2,1-2H3. The van der Waals surface area contributed by atoms with Gasteiger partial charge in [0, 0.05) is 18.0 Å². The van der Waals surface area contributed by atoms with Crippen molar-refractivity contribution in [2.75, 3.05) is 13.7 Å². The van der Waals surface area contributed by atoms with Crippen LogP contribution in [0.15, 0.2) is 17.5 Å². The maximum Gasteiger partial charge on any atom is 0.0834 e. The van der Waals surface area contributed by atoms with E-state index in [1.165, 1.54) is 37.0 Å². The molecule has 1 aliphatic carbocycles. The molecule has 18 heavy (non-hydrogen) atoms. The first-order valence-electron chi connectivity index (χ1n) is 7.11. The van der Waals surface area contributed by atoms with Crippen LogP contribution in [0.3, 0.4) is 0 Å². The van der Waals surface area contributed by atoms with E-state index in [-0.39, 0.29) is 5.60 Å². The molecule has 3 heteroatoms. The van der Waals surface area contributed by atoms with Crippen LogP contribution in [0.2, 0.25) is 0 Å². The summed E-state index contributed by atoms with van der Waals surface area (Å²) >= 11 is 1.86. The molecule has 1 aromatic rings. The number of rotatable bonds is 7. The Morgan fingerprint density at radius 1 is 1.44 bits per heavy atom. The van der Waals surface area contributed by atoms with Crippen LogP contribution in [0.25, 0.3) is 0 Å². The van der Waals surface area contributed by atoms with Crippen LogP contribution in [0, 0.1) is 0 Å². The Morgan fingerprint density at radius 2 is 2.22 bits per heavy atom. The van der Waals surface area contributed by atoms with Gasteiger partial charge in [0.15, 0.2) is 0 Å². The molecule has 1 N–H and O–H groups in total. The molecule has 1 saturated carbocycles. The van der Waals surface area contributed by atoms with Crippen LogP contribution in [0.1, 0.15) is 43.9 Å². The van der Waals surface area contributed by atoms with Crippen LogP contribution < -0.4 is 5.32 Å². The summed E-state index contributed by atoms with van der Waals surface area (Å²) in [6.07, 6.45) is 7.31. The largest absolute Gasteiger partial charge is 0.377 e. The highest BCUT2D eigenvalue weighted by atomic mass is 32.1. The van der Waals surface area contributed by atoms with Gasteiger partial charge in [-0.1, -0.05) is 25.8 Å². The van der Waals surface area contributed by atoms with Gasteiger partial charge in [0.05, 0.1) is 5.60 Å². The van der Waals surface area contributed by atoms with Crippen molar-refractivity contribution in [3.05, 3.63) is 22.4 Å². The van der Waals surface area contributed by atoms with Gasteiger partial charge in [-0.2, -0.15) is 0 Å². The third-order valence-corrected chi connectivity index (χ3v) is 5.02. The number of nitrogens with one attached hydrogen (secondary N) is 1. The van der Waals surface area contributed by atoms with Crippen LogP contribution in [-0.4, -0.2) is 25.3 Å².